The minimum atomic E-state index is -0.495. The zero-order valence-corrected chi connectivity index (χ0v) is 13.8. The molecule has 0 aliphatic carbocycles. The van der Waals surface area contributed by atoms with Crippen LogP contribution in [0.3, 0.4) is 0 Å². The van der Waals surface area contributed by atoms with E-state index >= 15 is 0 Å². The second-order valence-corrected chi connectivity index (χ2v) is 6.37. The lowest BCUT2D eigenvalue weighted by molar-refractivity contribution is 0.207. The van der Waals surface area contributed by atoms with Gasteiger partial charge in [0.15, 0.2) is 0 Å². The fraction of sp³-hybridized carbons (Fsp3) is 0.235. The average molecular weight is 381 g/mol. The van der Waals surface area contributed by atoms with Gasteiger partial charge in [0, 0.05) is 11.0 Å². The summed E-state index contributed by atoms with van der Waals surface area (Å²) in [6.07, 6.45) is 1.67. The molecule has 120 valence electrons. The highest BCUT2D eigenvalue weighted by atomic mass is 79.9. The van der Waals surface area contributed by atoms with E-state index in [-0.39, 0.29) is 23.6 Å². The molecule has 2 aromatic carbocycles. The Hall–Kier alpha value is -1.95. The Morgan fingerprint density at radius 2 is 1.91 bits per heavy atom. The SMILES string of the molecule is O=C(Nc1ccc(Br)cc1F)N1CCCC1c1ccc(F)cc1. The van der Waals surface area contributed by atoms with Crippen LogP contribution in [0.2, 0.25) is 0 Å². The van der Waals surface area contributed by atoms with Gasteiger partial charge in [-0.15, -0.1) is 0 Å². The number of carbonyl (C=O) groups excluding carboxylic acids is 1. The van der Waals surface area contributed by atoms with Crippen molar-refractivity contribution >= 4 is 27.6 Å². The van der Waals surface area contributed by atoms with Crippen LogP contribution in [-0.2, 0) is 0 Å². The quantitative estimate of drug-likeness (QED) is 0.772. The van der Waals surface area contributed by atoms with E-state index in [4.69, 9.17) is 0 Å². The first-order valence-electron chi connectivity index (χ1n) is 7.33. The van der Waals surface area contributed by atoms with Crippen molar-refractivity contribution in [3.8, 4) is 0 Å². The first-order chi connectivity index (χ1) is 11.0. The van der Waals surface area contributed by atoms with Gasteiger partial charge >= 0.3 is 6.03 Å². The Bertz CT molecular complexity index is 721. The highest BCUT2D eigenvalue weighted by Crippen LogP contribution is 2.32. The molecule has 1 unspecified atom stereocenters. The molecule has 1 aliphatic heterocycles. The third-order valence-corrected chi connectivity index (χ3v) is 4.43. The van der Waals surface area contributed by atoms with E-state index in [9.17, 15) is 13.6 Å². The molecule has 1 N–H and O–H groups in total. The van der Waals surface area contributed by atoms with Gasteiger partial charge in [-0.05, 0) is 48.7 Å². The van der Waals surface area contributed by atoms with Gasteiger partial charge in [0.2, 0.25) is 0 Å². The minimum absolute atomic E-state index is 0.117. The highest BCUT2D eigenvalue weighted by molar-refractivity contribution is 9.10. The number of carbonyl (C=O) groups is 1. The fourth-order valence-corrected chi connectivity index (χ4v) is 3.15. The van der Waals surface area contributed by atoms with Crippen LogP contribution in [0.15, 0.2) is 46.9 Å². The van der Waals surface area contributed by atoms with Crippen molar-refractivity contribution in [1.82, 2.24) is 4.90 Å². The van der Waals surface area contributed by atoms with Gasteiger partial charge < -0.3 is 10.2 Å². The summed E-state index contributed by atoms with van der Waals surface area (Å²) >= 11 is 3.18. The Morgan fingerprint density at radius 1 is 1.17 bits per heavy atom. The van der Waals surface area contributed by atoms with Gasteiger partial charge in [0.05, 0.1) is 11.7 Å². The maximum absolute atomic E-state index is 13.9. The average Bonchev–Trinajstić information content (AvgIpc) is 3.00. The van der Waals surface area contributed by atoms with E-state index in [1.165, 1.54) is 24.3 Å². The highest BCUT2D eigenvalue weighted by Gasteiger charge is 2.30. The maximum atomic E-state index is 13.9. The number of nitrogens with one attached hydrogen (secondary N) is 1. The van der Waals surface area contributed by atoms with E-state index in [0.29, 0.717) is 11.0 Å². The molecule has 3 nitrogen and oxygen atoms in total. The first-order valence-corrected chi connectivity index (χ1v) is 8.12. The van der Waals surface area contributed by atoms with Crippen LogP contribution >= 0.6 is 15.9 Å². The predicted octanol–water partition coefficient (Wildman–Crippen LogP) is 5.10. The number of hydrogen-bond acceptors (Lipinski definition) is 1. The van der Waals surface area contributed by atoms with Crippen molar-refractivity contribution in [3.05, 3.63) is 64.1 Å². The van der Waals surface area contributed by atoms with E-state index < -0.39 is 5.82 Å². The number of rotatable bonds is 2. The second kappa shape index (κ2) is 6.66. The van der Waals surface area contributed by atoms with Crippen molar-refractivity contribution in [1.29, 1.82) is 0 Å². The van der Waals surface area contributed by atoms with Gasteiger partial charge in [-0.25, -0.2) is 13.6 Å². The number of amides is 2. The lowest BCUT2D eigenvalue weighted by Gasteiger charge is -2.25. The molecular formula is C17H15BrF2N2O. The molecule has 1 saturated heterocycles. The maximum Gasteiger partial charge on any atom is 0.322 e. The summed E-state index contributed by atoms with van der Waals surface area (Å²) in [5.41, 5.74) is 1.03. The van der Waals surface area contributed by atoms with Crippen LogP contribution < -0.4 is 5.32 Å². The Kier molecular flexibility index (Phi) is 4.61. The summed E-state index contributed by atoms with van der Waals surface area (Å²) in [6, 6.07) is 10.2. The summed E-state index contributed by atoms with van der Waals surface area (Å²) in [5.74, 6) is -0.801. The van der Waals surface area contributed by atoms with Crippen LogP contribution in [-0.4, -0.2) is 17.5 Å². The van der Waals surface area contributed by atoms with Crippen molar-refractivity contribution in [2.75, 3.05) is 11.9 Å². The Morgan fingerprint density at radius 3 is 2.61 bits per heavy atom. The number of benzene rings is 2. The second-order valence-electron chi connectivity index (χ2n) is 5.46. The fourth-order valence-electron chi connectivity index (χ4n) is 2.82. The molecule has 3 rings (SSSR count). The monoisotopic (exact) mass is 380 g/mol. The summed E-state index contributed by atoms with van der Waals surface area (Å²) in [6.45, 7) is 0.589. The summed E-state index contributed by atoms with van der Waals surface area (Å²) in [5, 5.41) is 2.61. The normalized spacial score (nSPS) is 17.3. The number of nitrogens with zero attached hydrogens (tertiary/aromatic N) is 1. The molecule has 2 amide bonds. The molecule has 0 radical (unpaired) electrons. The lowest BCUT2D eigenvalue weighted by Crippen LogP contribution is -2.34. The van der Waals surface area contributed by atoms with E-state index in [2.05, 4.69) is 21.2 Å². The summed E-state index contributed by atoms with van der Waals surface area (Å²) in [7, 11) is 0. The number of likely N-dealkylation sites (tertiary alicyclic amines) is 1. The number of halogens is 3. The zero-order chi connectivity index (χ0) is 16.4. The molecule has 1 fully saturated rings. The molecular weight excluding hydrogens is 366 g/mol. The number of urea groups is 1. The number of anilines is 1. The molecule has 1 heterocycles. The predicted molar refractivity (Wildman–Crippen MR) is 88.2 cm³/mol. The van der Waals surface area contributed by atoms with Gasteiger partial charge in [-0.1, -0.05) is 28.1 Å². The zero-order valence-electron chi connectivity index (χ0n) is 12.2. The molecule has 0 saturated carbocycles. The van der Waals surface area contributed by atoms with E-state index in [1.54, 1.807) is 23.1 Å². The number of hydrogen-bond donors (Lipinski definition) is 1. The first kappa shape index (κ1) is 15.9. The van der Waals surface area contributed by atoms with Crippen molar-refractivity contribution < 1.29 is 13.6 Å². The van der Waals surface area contributed by atoms with Crippen LogP contribution in [0, 0.1) is 11.6 Å². The van der Waals surface area contributed by atoms with Crippen LogP contribution in [0.25, 0.3) is 0 Å². The standard InChI is InChI=1S/C17H15BrF2N2O/c18-12-5-8-15(14(20)10-12)21-17(23)22-9-1-2-16(22)11-3-6-13(19)7-4-11/h3-8,10,16H,1-2,9H2,(H,21,23). The van der Waals surface area contributed by atoms with E-state index in [0.717, 1.165) is 18.4 Å². The summed E-state index contributed by atoms with van der Waals surface area (Å²) in [4.78, 5) is 14.1. The third-order valence-electron chi connectivity index (χ3n) is 3.94. The van der Waals surface area contributed by atoms with Crippen LogP contribution in [0.4, 0.5) is 19.3 Å². The lowest BCUT2D eigenvalue weighted by atomic mass is 10.0. The van der Waals surface area contributed by atoms with Crippen molar-refractivity contribution in [2.45, 2.75) is 18.9 Å². The minimum Gasteiger partial charge on any atom is -0.317 e. The van der Waals surface area contributed by atoms with Gasteiger partial charge in [0.1, 0.15) is 11.6 Å². The molecule has 1 atom stereocenters. The van der Waals surface area contributed by atoms with Gasteiger partial charge in [-0.3, -0.25) is 0 Å². The topological polar surface area (TPSA) is 32.3 Å². The molecule has 0 spiro atoms. The molecule has 1 aliphatic rings. The largest absolute Gasteiger partial charge is 0.322 e. The Labute approximate surface area is 141 Å². The molecule has 0 aromatic heterocycles. The third kappa shape index (κ3) is 3.52. The molecule has 2 aromatic rings. The molecule has 6 heteroatoms. The summed E-state index contributed by atoms with van der Waals surface area (Å²) < 4.78 is 27.5. The Balaban J connectivity index is 1.76. The molecule has 23 heavy (non-hydrogen) atoms. The van der Waals surface area contributed by atoms with Gasteiger partial charge in [-0.2, -0.15) is 0 Å². The van der Waals surface area contributed by atoms with Gasteiger partial charge in [0.25, 0.3) is 0 Å². The van der Waals surface area contributed by atoms with Crippen molar-refractivity contribution in [2.24, 2.45) is 0 Å². The van der Waals surface area contributed by atoms with Crippen molar-refractivity contribution in [3.63, 3.8) is 0 Å². The van der Waals surface area contributed by atoms with E-state index in [1.807, 2.05) is 0 Å². The van der Waals surface area contributed by atoms with Crippen LogP contribution in [0.5, 0.6) is 0 Å². The molecule has 0 bridgehead atoms. The smallest absolute Gasteiger partial charge is 0.317 e. The van der Waals surface area contributed by atoms with Crippen LogP contribution in [0.1, 0.15) is 24.4 Å².